The number of benzene rings is 1. The summed E-state index contributed by atoms with van der Waals surface area (Å²) in [6, 6.07) is 4.54. The molecule has 5 heteroatoms. The number of rotatable bonds is 2. The van der Waals surface area contributed by atoms with E-state index in [-0.39, 0.29) is 11.3 Å². The molecule has 0 bridgehead atoms. The van der Waals surface area contributed by atoms with Crippen molar-refractivity contribution in [1.29, 1.82) is 0 Å². The lowest BCUT2D eigenvalue weighted by Crippen LogP contribution is -1.95. The van der Waals surface area contributed by atoms with Gasteiger partial charge in [0.2, 0.25) is 0 Å². The fourth-order valence-electron chi connectivity index (χ4n) is 1.45. The van der Waals surface area contributed by atoms with E-state index in [9.17, 15) is 13.2 Å². The predicted octanol–water partition coefficient (Wildman–Crippen LogP) is 3.21. The molecule has 0 aliphatic rings. The highest BCUT2D eigenvalue weighted by molar-refractivity contribution is 5.64. The minimum absolute atomic E-state index is 0.0685. The summed E-state index contributed by atoms with van der Waals surface area (Å²) in [5.41, 5.74) is 0.883. The molecule has 0 radical (unpaired) electrons. The van der Waals surface area contributed by atoms with Crippen LogP contribution in [0, 0.1) is 17.5 Å². The average molecular weight is 238 g/mol. The van der Waals surface area contributed by atoms with Crippen LogP contribution in [0.2, 0.25) is 0 Å². The Kier molecular flexibility index (Phi) is 2.99. The molecule has 1 N–H and O–H groups in total. The maximum atomic E-state index is 13.5. The van der Waals surface area contributed by atoms with Gasteiger partial charge in [0, 0.05) is 30.6 Å². The Labute approximate surface area is 96.1 Å². The Morgan fingerprint density at radius 1 is 1.00 bits per heavy atom. The van der Waals surface area contributed by atoms with Gasteiger partial charge in [-0.05, 0) is 18.2 Å². The van der Waals surface area contributed by atoms with E-state index in [4.69, 9.17) is 0 Å². The van der Waals surface area contributed by atoms with E-state index < -0.39 is 17.5 Å². The molecule has 0 aliphatic carbocycles. The van der Waals surface area contributed by atoms with Crippen molar-refractivity contribution in [2.75, 3.05) is 12.4 Å². The van der Waals surface area contributed by atoms with Crippen LogP contribution in [0.15, 0.2) is 30.5 Å². The molecule has 2 nitrogen and oxygen atoms in total. The summed E-state index contributed by atoms with van der Waals surface area (Å²) in [4.78, 5) is 3.92. The SMILES string of the molecule is CNc1ccnc(-c2cc(F)c(F)cc2F)c1. The average Bonchev–Trinajstić information content (AvgIpc) is 2.34. The number of aromatic nitrogens is 1. The summed E-state index contributed by atoms with van der Waals surface area (Å²) in [5.74, 6) is -3.15. The number of pyridine rings is 1. The Morgan fingerprint density at radius 2 is 1.71 bits per heavy atom. The summed E-state index contributed by atoms with van der Waals surface area (Å²) in [6.07, 6.45) is 1.46. The standard InChI is InChI=1S/C12H9F3N2/c1-16-7-2-3-17-12(4-7)8-5-10(14)11(15)6-9(8)13/h2-6H,1H3,(H,16,17). The van der Waals surface area contributed by atoms with Crippen LogP contribution in [0.1, 0.15) is 0 Å². The molecule has 0 spiro atoms. The Bertz CT molecular complexity index is 555. The van der Waals surface area contributed by atoms with Gasteiger partial charge in [-0.15, -0.1) is 0 Å². The van der Waals surface area contributed by atoms with Crippen LogP contribution in [0.25, 0.3) is 11.3 Å². The second-order valence-electron chi connectivity index (χ2n) is 3.43. The van der Waals surface area contributed by atoms with E-state index in [1.54, 1.807) is 19.2 Å². The number of nitrogens with one attached hydrogen (secondary N) is 1. The minimum atomic E-state index is -1.21. The van der Waals surface area contributed by atoms with Crippen LogP contribution in [0.3, 0.4) is 0 Å². The van der Waals surface area contributed by atoms with Crippen LogP contribution >= 0.6 is 0 Å². The van der Waals surface area contributed by atoms with Crippen molar-refractivity contribution in [3.8, 4) is 11.3 Å². The Hall–Kier alpha value is -2.04. The van der Waals surface area contributed by atoms with E-state index in [0.29, 0.717) is 11.8 Å². The number of halogens is 3. The molecule has 88 valence electrons. The van der Waals surface area contributed by atoms with Crippen molar-refractivity contribution in [2.24, 2.45) is 0 Å². The zero-order chi connectivity index (χ0) is 12.4. The van der Waals surface area contributed by atoms with E-state index in [1.807, 2.05) is 0 Å². The molecule has 0 aliphatic heterocycles. The third-order valence-corrected chi connectivity index (χ3v) is 2.33. The van der Waals surface area contributed by atoms with Crippen LogP contribution < -0.4 is 5.32 Å². The van der Waals surface area contributed by atoms with Gasteiger partial charge >= 0.3 is 0 Å². The maximum absolute atomic E-state index is 13.5. The quantitative estimate of drug-likeness (QED) is 0.812. The van der Waals surface area contributed by atoms with Gasteiger partial charge in [-0.25, -0.2) is 13.2 Å². The first kappa shape index (κ1) is 11.4. The van der Waals surface area contributed by atoms with Gasteiger partial charge in [-0.2, -0.15) is 0 Å². The molecule has 17 heavy (non-hydrogen) atoms. The molecule has 2 aromatic rings. The van der Waals surface area contributed by atoms with Crippen molar-refractivity contribution in [1.82, 2.24) is 4.98 Å². The van der Waals surface area contributed by atoms with Gasteiger partial charge in [-0.1, -0.05) is 0 Å². The normalized spacial score (nSPS) is 10.4. The van der Waals surface area contributed by atoms with Crippen molar-refractivity contribution >= 4 is 5.69 Å². The van der Waals surface area contributed by atoms with Gasteiger partial charge in [0.15, 0.2) is 11.6 Å². The molecular weight excluding hydrogens is 229 g/mol. The summed E-state index contributed by atoms with van der Waals surface area (Å²) in [7, 11) is 1.70. The summed E-state index contributed by atoms with van der Waals surface area (Å²) in [6.45, 7) is 0. The van der Waals surface area contributed by atoms with E-state index in [2.05, 4.69) is 10.3 Å². The van der Waals surface area contributed by atoms with Crippen molar-refractivity contribution < 1.29 is 13.2 Å². The fourth-order valence-corrected chi connectivity index (χ4v) is 1.45. The molecule has 1 heterocycles. The Morgan fingerprint density at radius 3 is 2.41 bits per heavy atom. The number of anilines is 1. The van der Waals surface area contributed by atoms with Crippen molar-refractivity contribution in [3.63, 3.8) is 0 Å². The number of nitrogens with zero attached hydrogens (tertiary/aromatic N) is 1. The van der Waals surface area contributed by atoms with Crippen molar-refractivity contribution in [2.45, 2.75) is 0 Å². The van der Waals surface area contributed by atoms with Crippen LogP contribution in [-0.4, -0.2) is 12.0 Å². The fraction of sp³-hybridized carbons (Fsp3) is 0.0833. The molecule has 0 unspecified atom stereocenters. The smallest absolute Gasteiger partial charge is 0.161 e. The van der Waals surface area contributed by atoms with Gasteiger partial charge in [-0.3, -0.25) is 4.98 Å². The molecule has 0 saturated heterocycles. The maximum Gasteiger partial charge on any atom is 0.161 e. The third-order valence-electron chi connectivity index (χ3n) is 2.33. The summed E-state index contributed by atoms with van der Waals surface area (Å²) < 4.78 is 39.3. The highest BCUT2D eigenvalue weighted by Crippen LogP contribution is 2.25. The van der Waals surface area contributed by atoms with Gasteiger partial charge in [0.25, 0.3) is 0 Å². The summed E-state index contributed by atoms with van der Waals surface area (Å²) in [5, 5.41) is 2.85. The molecule has 0 atom stereocenters. The van der Waals surface area contributed by atoms with Crippen LogP contribution in [0.5, 0.6) is 0 Å². The highest BCUT2D eigenvalue weighted by Gasteiger charge is 2.12. The molecule has 0 amide bonds. The van der Waals surface area contributed by atoms with E-state index >= 15 is 0 Å². The zero-order valence-electron chi connectivity index (χ0n) is 8.97. The second kappa shape index (κ2) is 4.45. The Balaban J connectivity index is 2.56. The minimum Gasteiger partial charge on any atom is -0.388 e. The first-order valence-electron chi connectivity index (χ1n) is 4.90. The first-order chi connectivity index (χ1) is 8.11. The third kappa shape index (κ3) is 2.22. The van der Waals surface area contributed by atoms with Crippen LogP contribution in [0.4, 0.5) is 18.9 Å². The first-order valence-corrected chi connectivity index (χ1v) is 4.90. The van der Waals surface area contributed by atoms with Gasteiger partial charge in [0.1, 0.15) is 5.82 Å². The van der Waals surface area contributed by atoms with Crippen LogP contribution in [-0.2, 0) is 0 Å². The molecule has 1 aromatic carbocycles. The molecule has 0 fully saturated rings. The molecule has 2 rings (SSSR count). The predicted molar refractivity (Wildman–Crippen MR) is 59.1 cm³/mol. The van der Waals surface area contributed by atoms with Crippen molar-refractivity contribution in [3.05, 3.63) is 47.9 Å². The molecular formula is C12H9F3N2. The number of hydrogen-bond acceptors (Lipinski definition) is 2. The van der Waals surface area contributed by atoms with E-state index in [0.717, 1.165) is 6.07 Å². The van der Waals surface area contributed by atoms with Gasteiger partial charge in [0.05, 0.1) is 5.69 Å². The zero-order valence-corrected chi connectivity index (χ0v) is 8.97. The second-order valence-corrected chi connectivity index (χ2v) is 3.43. The number of hydrogen-bond donors (Lipinski definition) is 1. The topological polar surface area (TPSA) is 24.9 Å². The lowest BCUT2D eigenvalue weighted by Gasteiger charge is -2.06. The lowest BCUT2D eigenvalue weighted by atomic mass is 10.1. The summed E-state index contributed by atoms with van der Waals surface area (Å²) >= 11 is 0. The highest BCUT2D eigenvalue weighted by atomic mass is 19.2. The molecule has 0 saturated carbocycles. The monoisotopic (exact) mass is 238 g/mol. The largest absolute Gasteiger partial charge is 0.388 e. The lowest BCUT2D eigenvalue weighted by molar-refractivity contribution is 0.496. The van der Waals surface area contributed by atoms with E-state index in [1.165, 1.54) is 6.20 Å². The van der Waals surface area contributed by atoms with Gasteiger partial charge < -0.3 is 5.32 Å². The molecule has 1 aromatic heterocycles.